The number of nitrogens with two attached hydrogens (primary N) is 1. The van der Waals surface area contributed by atoms with E-state index < -0.39 is 10.0 Å². The number of aryl methyl sites for hydroxylation is 1. The smallest absolute Gasteiger partial charge is 0.238 e. The third-order valence-electron chi connectivity index (χ3n) is 3.40. The molecule has 114 valence electrons. The monoisotopic (exact) mass is 309 g/mol. The molecule has 21 heavy (non-hydrogen) atoms. The highest BCUT2D eigenvalue weighted by molar-refractivity contribution is 7.89. The zero-order chi connectivity index (χ0) is 15.6. The molecule has 0 bridgehead atoms. The van der Waals surface area contributed by atoms with Crippen LogP contribution in [0, 0.1) is 13.8 Å². The van der Waals surface area contributed by atoms with Crippen LogP contribution in [0.15, 0.2) is 29.4 Å². The van der Waals surface area contributed by atoms with Gasteiger partial charge in [-0.2, -0.15) is 5.10 Å². The zero-order valence-corrected chi connectivity index (χ0v) is 13.1. The second-order valence-corrected chi connectivity index (χ2v) is 6.51. The predicted octanol–water partition coefficient (Wildman–Crippen LogP) is 1.31. The third kappa shape index (κ3) is 3.62. The lowest BCUT2D eigenvalue weighted by molar-refractivity contribution is 0.319. The highest BCUT2D eigenvalue weighted by atomic mass is 32.2. The Bertz CT molecular complexity index is 751. The van der Waals surface area contributed by atoms with Crippen molar-refractivity contribution in [1.82, 2.24) is 9.78 Å². The lowest BCUT2D eigenvalue weighted by Crippen LogP contribution is -2.14. The van der Waals surface area contributed by atoms with Crippen LogP contribution < -0.4 is 9.88 Å². The van der Waals surface area contributed by atoms with Crippen molar-refractivity contribution in [2.45, 2.75) is 25.2 Å². The molecule has 0 saturated heterocycles. The molecule has 0 fully saturated rings. The van der Waals surface area contributed by atoms with Crippen molar-refractivity contribution in [3.63, 3.8) is 0 Å². The summed E-state index contributed by atoms with van der Waals surface area (Å²) in [5.41, 5.74) is 2.50. The van der Waals surface area contributed by atoms with Gasteiger partial charge in [0.1, 0.15) is 5.75 Å². The van der Waals surface area contributed by atoms with E-state index in [1.54, 1.807) is 23.9 Å². The predicted molar refractivity (Wildman–Crippen MR) is 79.7 cm³/mol. The van der Waals surface area contributed by atoms with Gasteiger partial charge in [-0.1, -0.05) is 0 Å². The second-order valence-electron chi connectivity index (χ2n) is 4.98. The normalized spacial score (nSPS) is 11.6. The number of ether oxygens (including phenoxy) is 1. The van der Waals surface area contributed by atoms with Crippen LogP contribution in [0.25, 0.3) is 0 Å². The van der Waals surface area contributed by atoms with E-state index in [0.717, 1.165) is 17.5 Å². The van der Waals surface area contributed by atoms with Crippen molar-refractivity contribution in [3.05, 3.63) is 41.2 Å². The maximum atomic E-state index is 11.4. The first-order valence-corrected chi connectivity index (χ1v) is 8.07. The molecule has 0 aliphatic carbocycles. The lowest BCUT2D eigenvalue weighted by atomic mass is 10.1. The van der Waals surface area contributed by atoms with Gasteiger partial charge in [0.2, 0.25) is 10.0 Å². The van der Waals surface area contributed by atoms with Gasteiger partial charge in [-0.05, 0) is 42.7 Å². The Kier molecular flexibility index (Phi) is 4.34. The van der Waals surface area contributed by atoms with Crippen LogP contribution in [0.1, 0.15) is 16.7 Å². The Morgan fingerprint density at radius 2 is 2.00 bits per heavy atom. The largest absolute Gasteiger partial charge is 0.493 e. The Labute approximate surface area is 124 Å². The van der Waals surface area contributed by atoms with Crippen molar-refractivity contribution >= 4 is 10.0 Å². The molecule has 2 aromatic rings. The van der Waals surface area contributed by atoms with Crippen LogP contribution in [0.5, 0.6) is 5.75 Å². The summed E-state index contributed by atoms with van der Waals surface area (Å²) < 4.78 is 30.4. The minimum Gasteiger partial charge on any atom is -0.493 e. The maximum absolute atomic E-state index is 11.4. The van der Waals surface area contributed by atoms with Crippen LogP contribution in [0.2, 0.25) is 0 Å². The maximum Gasteiger partial charge on any atom is 0.238 e. The van der Waals surface area contributed by atoms with Gasteiger partial charge in [0.25, 0.3) is 0 Å². The summed E-state index contributed by atoms with van der Waals surface area (Å²) >= 11 is 0. The standard InChI is InChI=1S/C14H19N3O3S/c1-10-11(2)14(21(15,18)19)5-4-13(10)20-7-6-12-8-16-17(3)9-12/h4-5,8-9H,6-7H2,1-3H3,(H2,15,18,19). The van der Waals surface area contributed by atoms with E-state index in [9.17, 15) is 8.42 Å². The van der Waals surface area contributed by atoms with Crippen molar-refractivity contribution in [2.75, 3.05) is 6.61 Å². The molecule has 0 aliphatic rings. The fraction of sp³-hybridized carbons (Fsp3) is 0.357. The van der Waals surface area contributed by atoms with E-state index in [-0.39, 0.29) is 4.90 Å². The number of hydrogen-bond donors (Lipinski definition) is 1. The molecule has 2 N–H and O–H groups in total. The van der Waals surface area contributed by atoms with Gasteiger partial charge in [-0.25, -0.2) is 13.6 Å². The minimum atomic E-state index is -3.70. The minimum absolute atomic E-state index is 0.139. The van der Waals surface area contributed by atoms with Crippen molar-refractivity contribution in [2.24, 2.45) is 12.2 Å². The summed E-state index contributed by atoms with van der Waals surface area (Å²) in [6.45, 7) is 4.05. The second kappa shape index (κ2) is 5.87. The highest BCUT2D eigenvalue weighted by Crippen LogP contribution is 2.26. The number of nitrogens with zero attached hydrogens (tertiary/aromatic N) is 2. The number of hydrogen-bond acceptors (Lipinski definition) is 4. The van der Waals surface area contributed by atoms with E-state index in [2.05, 4.69) is 5.10 Å². The molecule has 1 aromatic carbocycles. The number of sulfonamides is 1. The molecular weight excluding hydrogens is 290 g/mol. The average Bonchev–Trinajstić information content (AvgIpc) is 2.79. The summed E-state index contributed by atoms with van der Waals surface area (Å²) in [6, 6.07) is 3.13. The topological polar surface area (TPSA) is 87.2 Å². The van der Waals surface area contributed by atoms with Crippen molar-refractivity contribution < 1.29 is 13.2 Å². The van der Waals surface area contributed by atoms with E-state index in [0.29, 0.717) is 17.9 Å². The number of primary sulfonamides is 1. The van der Waals surface area contributed by atoms with Gasteiger partial charge in [0, 0.05) is 19.7 Å². The molecule has 0 atom stereocenters. The van der Waals surface area contributed by atoms with Crippen LogP contribution >= 0.6 is 0 Å². The molecule has 6 nitrogen and oxygen atoms in total. The first-order valence-electron chi connectivity index (χ1n) is 6.52. The van der Waals surface area contributed by atoms with Gasteiger partial charge in [0.05, 0.1) is 17.7 Å². The Morgan fingerprint density at radius 1 is 1.29 bits per heavy atom. The van der Waals surface area contributed by atoms with Crippen molar-refractivity contribution in [3.8, 4) is 5.75 Å². The fourth-order valence-corrected chi connectivity index (χ4v) is 2.95. The fourth-order valence-electron chi connectivity index (χ4n) is 2.12. The van der Waals surface area contributed by atoms with Crippen molar-refractivity contribution in [1.29, 1.82) is 0 Å². The molecule has 2 rings (SSSR count). The van der Waals surface area contributed by atoms with Gasteiger partial charge in [-0.15, -0.1) is 0 Å². The summed E-state index contributed by atoms with van der Waals surface area (Å²) in [7, 11) is -1.84. The number of rotatable bonds is 5. The molecule has 0 saturated carbocycles. The van der Waals surface area contributed by atoms with Gasteiger partial charge < -0.3 is 4.74 Å². The molecule has 0 radical (unpaired) electrons. The average molecular weight is 309 g/mol. The number of benzene rings is 1. The molecule has 0 unspecified atom stereocenters. The summed E-state index contributed by atoms with van der Waals surface area (Å²) in [5.74, 6) is 0.670. The first-order chi connectivity index (χ1) is 9.79. The molecule has 0 amide bonds. The highest BCUT2D eigenvalue weighted by Gasteiger charge is 2.15. The van der Waals surface area contributed by atoms with Crippen LogP contribution in [-0.2, 0) is 23.5 Å². The number of aromatic nitrogens is 2. The summed E-state index contributed by atoms with van der Waals surface area (Å²) in [5, 5.41) is 9.27. The van der Waals surface area contributed by atoms with Gasteiger partial charge in [-0.3, -0.25) is 4.68 Å². The van der Waals surface area contributed by atoms with E-state index >= 15 is 0 Å². The molecule has 0 spiro atoms. The molecule has 1 aromatic heterocycles. The molecule has 7 heteroatoms. The van der Waals surface area contributed by atoms with E-state index in [1.165, 1.54) is 6.07 Å². The SMILES string of the molecule is Cc1c(OCCc2cnn(C)c2)ccc(S(N)(=O)=O)c1C. The molecule has 1 heterocycles. The van der Waals surface area contributed by atoms with Crippen LogP contribution in [0.3, 0.4) is 0 Å². The lowest BCUT2D eigenvalue weighted by Gasteiger charge is -2.13. The van der Waals surface area contributed by atoms with E-state index in [4.69, 9.17) is 9.88 Å². The molecular formula is C14H19N3O3S. The zero-order valence-electron chi connectivity index (χ0n) is 12.3. The quantitative estimate of drug-likeness (QED) is 0.902. The van der Waals surface area contributed by atoms with E-state index in [1.807, 2.05) is 20.2 Å². The first kappa shape index (κ1) is 15.5. The Balaban J connectivity index is 2.09. The third-order valence-corrected chi connectivity index (χ3v) is 4.46. The van der Waals surface area contributed by atoms with Crippen LogP contribution in [0.4, 0.5) is 0 Å². The molecule has 0 aliphatic heterocycles. The Hall–Kier alpha value is -1.86. The summed E-state index contributed by atoms with van der Waals surface area (Å²) in [4.78, 5) is 0.139. The van der Waals surface area contributed by atoms with Gasteiger partial charge in [0.15, 0.2) is 0 Å². The van der Waals surface area contributed by atoms with Crippen LogP contribution in [-0.4, -0.2) is 24.8 Å². The van der Waals surface area contributed by atoms with Gasteiger partial charge >= 0.3 is 0 Å². The Morgan fingerprint density at radius 3 is 2.57 bits per heavy atom. The summed E-state index contributed by atoms with van der Waals surface area (Å²) in [6.07, 6.45) is 4.47.